The number of fused-ring (bicyclic) bond motifs is 3. The van der Waals surface area contributed by atoms with Crippen molar-refractivity contribution in [3.8, 4) is 0 Å². The van der Waals surface area contributed by atoms with E-state index in [1.165, 1.54) is 11.1 Å². The predicted molar refractivity (Wildman–Crippen MR) is 72.4 cm³/mol. The van der Waals surface area contributed by atoms with Gasteiger partial charge in [-0.15, -0.1) is 6.58 Å². The highest BCUT2D eigenvalue weighted by Gasteiger charge is 2.39. The third kappa shape index (κ3) is 1.86. The molecule has 2 aliphatic rings. The predicted octanol–water partition coefficient (Wildman–Crippen LogP) is 2.80. The third-order valence-electron chi connectivity index (χ3n) is 4.36. The summed E-state index contributed by atoms with van der Waals surface area (Å²) in [5.74, 6) is 1.22. The lowest BCUT2D eigenvalue weighted by Crippen LogP contribution is -2.50. The van der Waals surface area contributed by atoms with Gasteiger partial charge in [0, 0.05) is 18.4 Å². The number of hydrogen-bond acceptors (Lipinski definition) is 1. The van der Waals surface area contributed by atoms with Gasteiger partial charge in [0.05, 0.1) is 0 Å². The van der Waals surface area contributed by atoms with Crippen LogP contribution in [0.5, 0.6) is 0 Å². The summed E-state index contributed by atoms with van der Waals surface area (Å²) in [4.78, 5) is 11.6. The van der Waals surface area contributed by atoms with Crippen LogP contribution in [0.25, 0.3) is 0 Å². The Morgan fingerprint density at radius 1 is 1.39 bits per heavy atom. The molecule has 3 rings (SSSR count). The highest BCUT2D eigenvalue weighted by Crippen LogP contribution is 2.41. The first-order valence-corrected chi connectivity index (χ1v) is 6.77. The number of benzene rings is 1. The zero-order valence-corrected chi connectivity index (χ0v) is 10.6. The van der Waals surface area contributed by atoms with Crippen molar-refractivity contribution in [1.29, 1.82) is 0 Å². The second-order valence-electron chi connectivity index (χ2n) is 5.43. The summed E-state index contributed by atoms with van der Waals surface area (Å²) in [6.45, 7) is 3.85. The van der Waals surface area contributed by atoms with E-state index >= 15 is 0 Å². The molecule has 1 aliphatic heterocycles. The topological polar surface area (TPSA) is 29.1 Å². The number of piperidine rings is 1. The molecule has 1 N–H and O–H groups in total. The lowest BCUT2D eigenvalue weighted by Gasteiger charge is -2.42. The van der Waals surface area contributed by atoms with Gasteiger partial charge < -0.3 is 5.32 Å². The van der Waals surface area contributed by atoms with Crippen molar-refractivity contribution in [1.82, 2.24) is 5.32 Å². The first kappa shape index (κ1) is 11.5. The summed E-state index contributed by atoms with van der Waals surface area (Å²) < 4.78 is 0. The van der Waals surface area contributed by atoms with Gasteiger partial charge in [0.25, 0.3) is 0 Å². The molecule has 1 amide bonds. The van der Waals surface area contributed by atoms with Crippen LogP contribution in [0.1, 0.15) is 36.3 Å². The molecule has 1 unspecified atom stereocenters. The standard InChI is InChI=1S/C16H19NO/c1-2-5-12-10-11-6-3-4-7-13(11)14-8-9-15(18)17-16(12)14/h2-4,6-7,12,14,16H,1,5,8-10H2,(H,17,18)/t12?,14-,16-/m0/s1. The van der Waals surface area contributed by atoms with E-state index in [1.807, 2.05) is 6.08 Å². The number of rotatable bonds is 2. The minimum atomic E-state index is 0.213. The summed E-state index contributed by atoms with van der Waals surface area (Å²) in [5.41, 5.74) is 2.91. The van der Waals surface area contributed by atoms with Gasteiger partial charge in [0.2, 0.25) is 5.91 Å². The van der Waals surface area contributed by atoms with Gasteiger partial charge in [-0.1, -0.05) is 30.3 Å². The normalized spacial score (nSPS) is 30.0. The minimum absolute atomic E-state index is 0.213. The fraction of sp³-hybridized carbons (Fsp3) is 0.438. The van der Waals surface area contributed by atoms with Crippen molar-refractivity contribution in [2.45, 2.75) is 37.6 Å². The van der Waals surface area contributed by atoms with Gasteiger partial charge in [-0.2, -0.15) is 0 Å². The number of carbonyl (C=O) groups excluding carboxylic acids is 1. The lowest BCUT2D eigenvalue weighted by atomic mass is 9.69. The zero-order valence-electron chi connectivity index (χ0n) is 10.6. The number of allylic oxidation sites excluding steroid dienone is 1. The Morgan fingerprint density at radius 2 is 2.22 bits per heavy atom. The monoisotopic (exact) mass is 241 g/mol. The fourth-order valence-corrected chi connectivity index (χ4v) is 3.56. The number of carbonyl (C=O) groups is 1. The summed E-state index contributed by atoms with van der Waals surface area (Å²) in [7, 11) is 0. The maximum Gasteiger partial charge on any atom is 0.220 e. The van der Waals surface area contributed by atoms with Crippen molar-refractivity contribution in [2.24, 2.45) is 5.92 Å². The Labute approximate surface area is 108 Å². The molecule has 3 atom stereocenters. The average Bonchev–Trinajstić information content (AvgIpc) is 2.39. The van der Waals surface area contributed by atoms with E-state index in [1.54, 1.807) is 0 Å². The van der Waals surface area contributed by atoms with E-state index in [9.17, 15) is 4.79 Å². The highest BCUT2D eigenvalue weighted by atomic mass is 16.1. The second kappa shape index (κ2) is 4.60. The van der Waals surface area contributed by atoms with Gasteiger partial charge in [0.15, 0.2) is 0 Å². The molecule has 1 heterocycles. The van der Waals surface area contributed by atoms with Crippen LogP contribution in [0.3, 0.4) is 0 Å². The molecule has 1 aliphatic carbocycles. The van der Waals surface area contributed by atoms with Crippen LogP contribution in [0.15, 0.2) is 36.9 Å². The van der Waals surface area contributed by atoms with E-state index in [-0.39, 0.29) is 5.91 Å². The van der Waals surface area contributed by atoms with Gasteiger partial charge in [-0.05, 0) is 36.3 Å². The van der Waals surface area contributed by atoms with E-state index in [2.05, 4.69) is 36.2 Å². The Balaban J connectivity index is 1.98. The van der Waals surface area contributed by atoms with Crippen LogP contribution in [0.2, 0.25) is 0 Å². The van der Waals surface area contributed by atoms with E-state index in [4.69, 9.17) is 0 Å². The molecule has 2 heteroatoms. The van der Waals surface area contributed by atoms with E-state index in [0.717, 1.165) is 19.3 Å². The number of hydrogen-bond donors (Lipinski definition) is 1. The maximum absolute atomic E-state index is 11.6. The van der Waals surface area contributed by atoms with Crippen molar-refractivity contribution in [3.05, 3.63) is 48.0 Å². The van der Waals surface area contributed by atoms with Crippen LogP contribution >= 0.6 is 0 Å². The van der Waals surface area contributed by atoms with E-state index < -0.39 is 0 Å². The molecular formula is C16H19NO. The molecule has 0 spiro atoms. The minimum Gasteiger partial charge on any atom is -0.352 e. The number of nitrogens with one attached hydrogen (secondary N) is 1. The Hall–Kier alpha value is -1.57. The summed E-state index contributed by atoms with van der Waals surface area (Å²) in [5, 5.41) is 3.21. The quantitative estimate of drug-likeness (QED) is 0.793. The molecule has 94 valence electrons. The lowest BCUT2D eigenvalue weighted by molar-refractivity contribution is -0.124. The van der Waals surface area contributed by atoms with Crippen molar-refractivity contribution < 1.29 is 4.79 Å². The molecule has 0 radical (unpaired) electrons. The number of amides is 1. The second-order valence-corrected chi connectivity index (χ2v) is 5.43. The van der Waals surface area contributed by atoms with Gasteiger partial charge in [-0.3, -0.25) is 4.79 Å². The van der Waals surface area contributed by atoms with Crippen molar-refractivity contribution >= 4 is 5.91 Å². The molecule has 1 aromatic rings. The van der Waals surface area contributed by atoms with Gasteiger partial charge >= 0.3 is 0 Å². The molecule has 18 heavy (non-hydrogen) atoms. The zero-order chi connectivity index (χ0) is 12.5. The Bertz CT molecular complexity index is 480. The molecule has 0 aromatic heterocycles. The largest absolute Gasteiger partial charge is 0.352 e. The molecular weight excluding hydrogens is 222 g/mol. The third-order valence-corrected chi connectivity index (χ3v) is 4.36. The van der Waals surface area contributed by atoms with Gasteiger partial charge in [0.1, 0.15) is 0 Å². The summed E-state index contributed by atoms with van der Waals surface area (Å²) in [6, 6.07) is 9.00. The smallest absolute Gasteiger partial charge is 0.220 e. The highest BCUT2D eigenvalue weighted by molar-refractivity contribution is 5.77. The molecule has 2 nitrogen and oxygen atoms in total. The Kier molecular flexibility index (Phi) is 2.94. The Morgan fingerprint density at radius 3 is 3.06 bits per heavy atom. The summed E-state index contributed by atoms with van der Waals surface area (Å²) in [6.07, 6.45) is 5.67. The van der Waals surface area contributed by atoms with Crippen LogP contribution in [0.4, 0.5) is 0 Å². The molecule has 1 saturated heterocycles. The van der Waals surface area contributed by atoms with E-state index in [0.29, 0.717) is 24.3 Å². The SMILES string of the molecule is C=CCC1Cc2ccccc2[C@@H]2CCC(=O)N[C@@H]12. The van der Waals surface area contributed by atoms with Crippen LogP contribution < -0.4 is 5.32 Å². The maximum atomic E-state index is 11.6. The molecule has 1 fully saturated rings. The van der Waals surface area contributed by atoms with Crippen LogP contribution in [0, 0.1) is 5.92 Å². The first-order chi connectivity index (χ1) is 8.79. The molecule has 1 aromatic carbocycles. The first-order valence-electron chi connectivity index (χ1n) is 6.77. The van der Waals surface area contributed by atoms with Gasteiger partial charge in [-0.25, -0.2) is 0 Å². The summed E-state index contributed by atoms with van der Waals surface area (Å²) >= 11 is 0. The average molecular weight is 241 g/mol. The van der Waals surface area contributed by atoms with Crippen molar-refractivity contribution in [2.75, 3.05) is 0 Å². The molecule has 0 bridgehead atoms. The van der Waals surface area contributed by atoms with Crippen LogP contribution in [-0.2, 0) is 11.2 Å². The molecule has 0 saturated carbocycles. The fourth-order valence-electron chi connectivity index (χ4n) is 3.56. The van der Waals surface area contributed by atoms with Crippen molar-refractivity contribution in [3.63, 3.8) is 0 Å². The van der Waals surface area contributed by atoms with Crippen LogP contribution in [-0.4, -0.2) is 11.9 Å².